The van der Waals surface area contributed by atoms with Gasteiger partial charge in [-0.15, -0.1) is 0 Å². The molecule has 2 aromatic rings. The minimum atomic E-state index is -4.11. The number of carbonyl (C=O) groups excluding carboxylic acids is 2. The third kappa shape index (κ3) is 3.89. The van der Waals surface area contributed by atoms with Crippen LogP contribution in [0.1, 0.15) is 5.56 Å². The van der Waals surface area contributed by atoms with Crippen LogP contribution in [0.4, 0.5) is 4.79 Å². The van der Waals surface area contributed by atoms with Crippen LogP contribution in [0.2, 0.25) is 0 Å². The highest BCUT2D eigenvalue weighted by atomic mass is 32.2. The zero-order valence-corrected chi connectivity index (χ0v) is 15.1. The van der Waals surface area contributed by atoms with Crippen molar-refractivity contribution in [3.05, 3.63) is 59.0 Å². The number of rotatable bonds is 5. The molecule has 9 heteroatoms. The van der Waals surface area contributed by atoms with Gasteiger partial charge < -0.3 is 8.92 Å². The van der Waals surface area contributed by atoms with Crippen molar-refractivity contribution in [2.45, 2.75) is 4.90 Å². The Bertz CT molecular complexity index is 1010. The number of hydrogen-bond acceptors (Lipinski definition) is 7. The molecule has 0 bridgehead atoms. The summed E-state index contributed by atoms with van der Waals surface area (Å²) in [5.41, 5.74) is 0.353. The van der Waals surface area contributed by atoms with Crippen molar-refractivity contribution in [1.82, 2.24) is 5.32 Å². The van der Waals surface area contributed by atoms with E-state index in [1.165, 1.54) is 37.5 Å². The second-order valence-corrected chi connectivity index (χ2v) is 7.67. The molecular weight excluding hydrogens is 378 g/mol. The van der Waals surface area contributed by atoms with Crippen LogP contribution in [0.5, 0.6) is 11.5 Å². The molecule has 2 amide bonds. The summed E-state index contributed by atoms with van der Waals surface area (Å²) in [4.78, 5) is 23.0. The molecule has 0 aromatic heterocycles. The van der Waals surface area contributed by atoms with Gasteiger partial charge >= 0.3 is 10.1 Å². The average Bonchev–Trinajstić information content (AvgIpc) is 2.93. The maximum Gasteiger partial charge on any atom is 0.339 e. The summed E-state index contributed by atoms with van der Waals surface area (Å²) in [7, 11) is -2.68. The predicted octanol–water partition coefficient (Wildman–Crippen LogP) is 2.79. The van der Waals surface area contributed by atoms with Crippen LogP contribution in [0.3, 0.4) is 0 Å². The first-order valence-corrected chi connectivity index (χ1v) is 9.54. The molecule has 0 radical (unpaired) electrons. The Morgan fingerprint density at radius 1 is 1.08 bits per heavy atom. The van der Waals surface area contributed by atoms with Crippen molar-refractivity contribution >= 4 is 39.1 Å². The molecule has 1 aliphatic heterocycles. The third-order valence-corrected chi connectivity index (χ3v) is 5.42. The van der Waals surface area contributed by atoms with Gasteiger partial charge in [-0.05, 0) is 36.0 Å². The number of ether oxygens (including phenoxy) is 1. The molecule has 1 saturated heterocycles. The quantitative estimate of drug-likeness (QED) is 0.618. The van der Waals surface area contributed by atoms with E-state index in [0.29, 0.717) is 11.3 Å². The molecule has 0 unspecified atom stereocenters. The number of methoxy groups -OCH3 is 1. The minimum Gasteiger partial charge on any atom is -0.497 e. The van der Waals surface area contributed by atoms with Crippen LogP contribution < -0.4 is 14.2 Å². The fraction of sp³-hybridized carbons (Fsp3) is 0.0588. The van der Waals surface area contributed by atoms with Crippen LogP contribution in [-0.2, 0) is 14.9 Å². The summed E-state index contributed by atoms with van der Waals surface area (Å²) in [6.45, 7) is 0. The van der Waals surface area contributed by atoms with Gasteiger partial charge in [0, 0.05) is 11.6 Å². The van der Waals surface area contributed by atoms with Gasteiger partial charge in [-0.3, -0.25) is 14.9 Å². The van der Waals surface area contributed by atoms with Gasteiger partial charge in [0.15, 0.2) is 0 Å². The maximum atomic E-state index is 12.5. The van der Waals surface area contributed by atoms with Crippen molar-refractivity contribution in [2.24, 2.45) is 0 Å². The van der Waals surface area contributed by atoms with E-state index in [0.717, 1.165) is 11.8 Å². The van der Waals surface area contributed by atoms with Gasteiger partial charge in [-0.25, -0.2) is 0 Å². The van der Waals surface area contributed by atoms with Crippen molar-refractivity contribution in [2.75, 3.05) is 7.11 Å². The Kier molecular flexibility index (Phi) is 5.01. The number of thioether (sulfide) groups is 1. The molecule has 1 aliphatic rings. The highest BCUT2D eigenvalue weighted by Gasteiger charge is 2.26. The molecule has 3 rings (SSSR count). The van der Waals surface area contributed by atoms with Gasteiger partial charge in [0.2, 0.25) is 0 Å². The molecule has 134 valence electrons. The van der Waals surface area contributed by atoms with E-state index in [1.54, 1.807) is 24.3 Å². The first kappa shape index (κ1) is 18.0. The second-order valence-electron chi connectivity index (χ2n) is 5.11. The van der Waals surface area contributed by atoms with Crippen LogP contribution in [0, 0.1) is 0 Å². The Balaban J connectivity index is 1.94. The monoisotopic (exact) mass is 391 g/mol. The highest BCUT2D eigenvalue weighted by molar-refractivity contribution is 8.18. The molecule has 1 heterocycles. The number of hydrogen-bond donors (Lipinski definition) is 1. The molecule has 2 aromatic carbocycles. The topological polar surface area (TPSA) is 98.8 Å². The number of para-hydroxylation sites is 1. The van der Waals surface area contributed by atoms with E-state index in [4.69, 9.17) is 8.92 Å². The van der Waals surface area contributed by atoms with Crippen LogP contribution in [0.25, 0.3) is 6.08 Å². The lowest BCUT2D eigenvalue weighted by Crippen LogP contribution is -2.17. The summed E-state index contributed by atoms with van der Waals surface area (Å²) < 4.78 is 35.3. The first-order chi connectivity index (χ1) is 12.4. The predicted molar refractivity (Wildman–Crippen MR) is 96.4 cm³/mol. The Hall–Kier alpha value is -2.78. The number of imide groups is 1. The van der Waals surface area contributed by atoms with E-state index in [-0.39, 0.29) is 15.6 Å². The molecule has 1 fully saturated rings. The number of nitrogens with one attached hydrogen (secondary N) is 1. The largest absolute Gasteiger partial charge is 0.497 e. The number of carbonyl (C=O) groups is 2. The van der Waals surface area contributed by atoms with Crippen molar-refractivity contribution < 1.29 is 26.9 Å². The van der Waals surface area contributed by atoms with Gasteiger partial charge in [-0.1, -0.05) is 24.3 Å². The fourth-order valence-corrected chi connectivity index (χ4v) is 3.82. The normalized spacial score (nSPS) is 15.8. The van der Waals surface area contributed by atoms with E-state index in [1.807, 2.05) is 0 Å². The molecule has 0 spiro atoms. The fourth-order valence-electron chi connectivity index (χ4n) is 2.16. The molecule has 7 nitrogen and oxygen atoms in total. The first-order valence-electron chi connectivity index (χ1n) is 7.31. The van der Waals surface area contributed by atoms with Crippen LogP contribution >= 0.6 is 11.8 Å². The average molecular weight is 391 g/mol. The number of benzene rings is 2. The third-order valence-electron chi connectivity index (χ3n) is 3.38. The van der Waals surface area contributed by atoms with Crippen molar-refractivity contribution in [3.63, 3.8) is 0 Å². The Morgan fingerprint density at radius 2 is 1.85 bits per heavy atom. The van der Waals surface area contributed by atoms with Gasteiger partial charge in [-0.2, -0.15) is 8.42 Å². The molecule has 1 N–H and O–H groups in total. The zero-order chi connectivity index (χ0) is 18.7. The lowest BCUT2D eigenvalue weighted by atomic mass is 10.2. The highest BCUT2D eigenvalue weighted by Crippen LogP contribution is 2.30. The van der Waals surface area contributed by atoms with Crippen molar-refractivity contribution in [3.8, 4) is 11.5 Å². The molecule has 0 saturated carbocycles. The standard InChI is InChI=1S/C17H13NO6S2/c1-23-12-6-4-7-13(10-12)26(21,22)24-14-8-3-2-5-11(14)9-15-16(19)18-17(20)25-15/h2-10H,1H3,(H,18,19,20)/b15-9-. The van der Waals surface area contributed by atoms with Gasteiger partial charge in [0.25, 0.3) is 11.1 Å². The summed E-state index contributed by atoms with van der Waals surface area (Å²) >= 11 is 0.736. The van der Waals surface area contributed by atoms with E-state index >= 15 is 0 Å². The molecular formula is C17H13NO6S2. The minimum absolute atomic E-state index is 0.0376. The smallest absolute Gasteiger partial charge is 0.339 e. The van der Waals surface area contributed by atoms with E-state index in [2.05, 4.69) is 5.32 Å². The molecule has 0 aliphatic carbocycles. The van der Waals surface area contributed by atoms with Gasteiger partial charge in [0.05, 0.1) is 12.0 Å². The Labute approximate surface area is 154 Å². The zero-order valence-electron chi connectivity index (χ0n) is 13.5. The Morgan fingerprint density at radius 3 is 2.54 bits per heavy atom. The van der Waals surface area contributed by atoms with Gasteiger partial charge in [0.1, 0.15) is 16.4 Å². The van der Waals surface area contributed by atoms with Crippen LogP contribution in [-0.4, -0.2) is 26.7 Å². The van der Waals surface area contributed by atoms with Crippen molar-refractivity contribution in [1.29, 1.82) is 0 Å². The molecule has 0 atom stereocenters. The summed E-state index contributed by atoms with van der Waals surface area (Å²) in [6, 6.07) is 12.2. The summed E-state index contributed by atoms with van der Waals surface area (Å²) in [5.74, 6) is -0.122. The lowest BCUT2D eigenvalue weighted by Gasteiger charge is -2.10. The molecule has 26 heavy (non-hydrogen) atoms. The number of amides is 2. The summed E-state index contributed by atoms with van der Waals surface area (Å²) in [6.07, 6.45) is 1.40. The maximum absolute atomic E-state index is 12.5. The van der Waals surface area contributed by atoms with Crippen LogP contribution in [0.15, 0.2) is 58.3 Å². The summed E-state index contributed by atoms with van der Waals surface area (Å²) in [5, 5.41) is 1.65. The SMILES string of the molecule is COc1cccc(S(=O)(=O)Oc2ccccc2/C=C2\SC(=O)NC2=O)c1. The second kappa shape index (κ2) is 7.22. The van der Waals surface area contributed by atoms with E-state index < -0.39 is 21.3 Å². The van der Waals surface area contributed by atoms with E-state index in [9.17, 15) is 18.0 Å². The lowest BCUT2D eigenvalue weighted by molar-refractivity contribution is -0.115.